The minimum atomic E-state index is -0.508. The molecule has 0 bridgehead atoms. The van der Waals surface area contributed by atoms with Gasteiger partial charge in [0.1, 0.15) is 5.82 Å². The molecule has 1 heterocycles. The van der Waals surface area contributed by atoms with Gasteiger partial charge in [-0.1, -0.05) is 6.07 Å². The van der Waals surface area contributed by atoms with Crippen molar-refractivity contribution in [2.45, 2.75) is 0 Å². The van der Waals surface area contributed by atoms with E-state index < -0.39 is 10.8 Å². The number of hydrogen-bond acceptors (Lipinski definition) is 5. The molecule has 1 aromatic heterocycles. The van der Waals surface area contributed by atoms with Crippen molar-refractivity contribution in [3.63, 3.8) is 0 Å². The van der Waals surface area contributed by atoms with Crippen LogP contribution in [-0.2, 0) is 0 Å². The van der Waals surface area contributed by atoms with E-state index in [-0.39, 0.29) is 5.69 Å². The summed E-state index contributed by atoms with van der Waals surface area (Å²) in [5.74, 6) is 0.134. The summed E-state index contributed by atoms with van der Waals surface area (Å²) in [6.45, 7) is 0. The van der Waals surface area contributed by atoms with Gasteiger partial charge in [-0.3, -0.25) is 19.8 Å². The molecule has 2 N–H and O–H groups in total. The van der Waals surface area contributed by atoms with Gasteiger partial charge >= 0.3 is 0 Å². The number of hydrogen-bond donors (Lipinski definition) is 1. The Labute approximate surface area is 143 Å². The van der Waals surface area contributed by atoms with Gasteiger partial charge in [0.2, 0.25) is 5.91 Å². The summed E-state index contributed by atoms with van der Waals surface area (Å²) in [7, 11) is 0. The predicted octanol–water partition coefficient (Wildman–Crippen LogP) is 3.56. The van der Waals surface area contributed by atoms with Crippen LogP contribution in [0.15, 0.2) is 72.9 Å². The lowest BCUT2D eigenvalue weighted by Gasteiger charge is -2.24. The lowest BCUT2D eigenvalue weighted by Crippen LogP contribution is -2.13. The highest BCUT2D eigenvalue weighted by atomic mass is 16.6. The van der Waals surface area contributed by atoms with Crippen molar-refractivity contribution in [3.05, 3.63) is 88.6 Å². The van der Waals surface area contributed by atoms with Crippen LogP contribution in [0, 0.1) is 10.1 Å². The summed E-state index contributed by atoms with van der Waals surface area (Å²) in [5.41, 5.74) is 7.14. The molecule has 1 amide bonds. The van der Waals surface area contributed by atoms with E-state index in [0.29, 0.717) is 17.1 Å². The van der Waals surface area contributed by atoms with Gasteiger partial charge in [-0.2, -0.15) is 0 Å². The van der Waals surface area contributed by atoms with E-state index in [1.165, 1.54) is 12.1 Å². The smallest absolute Gasteiger partial charge is 0.269 e. The minimum absolute atomic E-state index is 0.00815. The second-order valence-corrected chi connectivity index (χ2v) is 5.21. The number of nitrogens with zero attached hydrogens (tertiary/aromatic N) is 3. The van der Waals surface area contributed by atoms with Crippen LogP contribution in [0.5, 0.6) is 0 Å². The molecule has 0 radical (unpaired) electrons. The molecule has 2 aromatic carbocycles. The Morgan fingerprint density at radius 3 is 2.04 bits per heavy atom. The molecule has 0 unspecified atom stereocenters. The van der Waals surface area contributed by atoms with Gasteiger partial charge in [0.15, 0.2) is 0 Å². The maximum Gasteiger partial charge on any atom is 0.269 e. The first-order valence-electron chi connectivity index (χ1n) is 7.42. The van der Waals surface area contributed by atoms with Crippen LogP contribution in [0.2, 0.25) is 0 Å². The molecule has 3 aromatic rings. The van der Waals surface area contributed by atoms with E-state index in [0.717, 1.165) is 5.69 Å². The quantitative estimate of drug-likeness (QED) is 0.567. The molecule has 3 rings (SSSR count). The number of nitrogens with two attached hydrogens (primary N) is 1. The fourth-order valence-corrected chi connectivity index (χ4v) is 2.40. The number of rotatable bonds is 5. The van der Waals surface area contributed by atoms with Crippen molar-refractivity contribution in [2.24, 2.45) is 5.73 Å². The number of non-ortho nitro benzene ring substituents is 1. The normalized spacial score (nSPS) is 10.2. The topological polar surface area (TPSA) is 102 Å². The number of anilines is 3. The maximum absolute atomic E-state index is 11.3. The molecule has 0 spiro atoms. The zero-order valence-electron chi connectivity index (χ0n) is 13.1. The van der Waals surface area contributed by atoms with Crippen LogP contribution in [0.25, 0.3) is 0 Å². The van der Waals surface area contributed by atoms with Crippen LogP contribution >= 0.6 is 0 Å². The highest BCUT2D eigenvalue weighted by molar-refractivity contribution is 5.93. The van der Waals surface area contributed by atoms with Crippen molar-refractivity contribution in [3.8, 4) is 0 Å². The van der Waals surface area contributed by atoms with Crippen molar-refractivity contribution in [2.75, 3.05) is 4.90 Å². The lowest BCUT2D eigenvalue weighted by atomic mass is 10.1. The van der Waals surface area contributed by atoms with Crippen molar-refractivity contribution in [1.82, 2.24) is 4.98 Å². The summed E-state index contributed by atoms with van der Waals surface area (Å²) in [4.78, 5) is 27.8. The average molecular weight is 334 g/mol. The Balaban J connectivity index is 2.07. The fourth-order valence-electron chi connectivity index (χ4n) is 2.40. The van der Waals surface area contributed by atoms with E-state index >= 15 is 0 Å². The summed E-state index contributed by atoms with van der Waals surface area (Å²) >= 11 is 0. The van der Waals surface area contributed by atoms with Gasteiger partial charge in [-0.15, -0.1) is 0 Å². The second-order valence-electron chi connectivity index (χ2n) is 5.21. The van der Waals surface area contributed by atoms with Crippen LogP contribution < -0.4 is 10.6 Å². The Hall–Kier alpha value is -3.74. The Kier molecular flexibility index (Phi) is 4.38. The Bertz CT molecular complexity index is 836. The largest absolute Gasteiger partial charge is 0.366 e. The van der Waals surface area contributed by atoms with Crippen LogP contribution in [0.3, 0.4) is 0 Å². The fraction of sp³-hybridized carbons (Fsp3) is 0. The highest BCUT2D eigenvalue weighted by Gasteiger charge is 2.15. The number of benzene rings is 2. The molecule has 0 fully saturated rings. The summed E-state index contributed by atoms with van der Waals surface area (Å²) in [5, 5.41) is 10.9. The molecule has 124 valence electrons. The highest BCUT2D eigenvalue weighted by Crippen LogP contribution is 2.33. The third-order valence-electron chi connectivity index (χ3n) is 3.61. The number of primary amides is 1. The number of aromatic nitrogens is 1. The SMILES string of the molecule is NC(=O)c1ccc(N(c2ccc([N+](=O)[O-])cc2)c2ccccn2)cc1. The number of nitro benzene ring substituents is 1. The van der Waals surface area contributed by atoms with Gasteiger partial charge in [0.25, 0.3) is 5.69 Å². The first-order valence-corrected chi connectivity index (χ1v) is 7.42. The third-order valence-corrected chi connectivity index (χ3v) is 3.61. The molecule has 25 heavy (non-hydrogen) atoms. The average Bonchev–Trinajstić information content (AvgIpc) is 2.64. The van der Waals surface area contributed by atoms with Gasteiger partial charge in [-0.25, -0.2) is 4.98 Å². The van der Waals surface area contributed by atoms with Gasteiger partial charge < -0.3 is 5.73 Å². The molecule has 0 aliphatic carbocycles. The van der Waals surface area contributed by atoms with Gasteiger partial charge in [0, 0.05) is 35.3 Å². The molecular weight excluding hydrogens is 320 g/mol. The molecule has 0 saturated heterocycles. The number of nitro groups is 1. The number of carbonyl (C=O) groups excluding carboxylic acids is 1. The van der Waals surface area contributed by atoms with Gasteiger partial charge in [0.05, 0.1) is 4.92 Å². The maximum atomic E-state index is 11.3. The summed E-state index contributed by atoms with van der Waals surface area (Å²) < 4.78 is 0. The summed E-state index contributed by atoms with van der Waals surface area (Å²) in [6, 6.07) is 18.4. The third kappa shape index (κ3) is 3.45. The first kappa shape index (κ1) is 16.1. The lowest BCUT2D eigenvalue weighted by molar-refractivity contribution is -0.384. The predicted molar refractivity (Wildman–Crippen MR) is 94.1 cm³/mol. The minimum Gasteiger partial charge on any atom is -0.366 e. The Morgan fingerprint density at radius 1 is 0.960 bits per heavy atom. The second kappa shape index (κ2) is 6.79. The van der Waals surface area contributed by atoms with Crippen molar-refractivity contribution >= 4 is 28.8 Å². The number of carbonyl (C=O) groups is 1. The zero-order chi connectivity index (χ0) is 17.8. The van der Waals surface area contributed by atoms with Crippen molar-refractivity contribution < 1.29 is 9.72 Å². The molecule has 0 atom stereocenters. The number of amides is 1. The van der Waals surface area contributed by atoms with E-state index in [2.05, 4.69) is 4.98 Å². The van der Waals surface area contributed by atoms with Crippen LogP contribution in [-0.4, -0.2) is 15.8 Å². The molecular formula is C18H14N4O3. The van der Waals surface area contributed by atoms with Crippen LogP contribution in [0.1, 0.15) is 10.4 Å². The monoisotopic (exact) mass is 334 g/mol. The molecule has 0 aliphatic heterocycles. The zero-order valence-corrected chi connectivity index (χ0v) is 13.1. The van der Waals surface area contributed by atoms with E-state index in [1.807, 2.05) is 17.0 Å². The van der Waals surface area contributed by atoms with Gasteiger partial charge in [-0.05, 0) is 48.5 Å². The summed E-state index contributed by atoms with van der Waals surface area (Å²) in [6.07, 6.45) is 1.66. The van der Waals surface area contributed by atoms with Crippen LogP contribution in [0.4, 0.5) is 22.9 Å². The van der Waals surface area contributed by atoms with Crippen molar-refractivity contribution in [1.29, 1.82) is 0 Å². The molecule has 0 saturated carbocycles. The van der Waals surface area contributed by atoms with E-state index in [1.54, 1.807) is 48.7 Å². The standard InChI is InChI=1S/C18H14N4O3/c19-18(23)13-4-6-14(7-5-13)21(17-3-1-2-12-20-17)15-8-10-16(11-9-15)22(24)25/h1-12H,(H2,19,23). The number of pyridine rings is 1. The first-order chi connectivity index (χ1) is 12.1. The molecule has 0 aliphatic rings. The molecule has 7 heteroatoms. The molecule has 7 nitrogen and oxygen atoms in total. The Morgan fingerprint density at radius 2 is 1.56 bits per heavy atom. The van der Waals surface area contributed by atoms with E-state index in [9.17, 15) is 14.9 Å². The van der Waals surface area contributed by atoms with E-state index in [4.69, 9.17) is 5.73 Å².